The summed E-state index contributed by atoms with van der Waals surface area (Å²) < 4.78 is 27.2. The van der Waals surface area contributed by atoms with Crippen molar-refractivity contribution in [2.45, 2.75) is 76.7 Å². The SMILES string of the molecule is CCC1CN2CC[C@H]1C[C@@H]2[C@@H](Oc1nc(-c2ccccc2)nc(O[C@@H](c2ccnc3ccc(OC)cc23)[C@H]2CC3CCN2C[C@@H]3CC)c1-c1ccccc1)c1ccnc2ccc(OC)cc12. The van der Waals surface area contributed by atoms with Crippen LogP contribution in [-0.4, -0.2) is 82.2 Å². The Morgan fingerprint density at radius 2 is 1.05 bits per heavy atom. The van der Waals surface area contributed by atoms with E-state index in [0.29, 0.717) is 41.3 Å². The van der Waals surface area contributed by atoms with E-state index in [1.807, 2.05) is 54.9 Å². The molecule has 6 aliphatic heterocycles. The summed E-state index contributed by atoms with van der Waals surface area (Å²) in [6.07, 6.45) is 9.90. The molecular weight excluding hydrogens is 821 g/mol. The first-order chi connectivity index (χ1) is 32.5. The number of rotatable bonds is 14. The van der Waals surface area contributed by atoms with Crippen LogP contribution in [0.1, 0.15) is 75.7 Å². The van der Waals surface area contributed by atoms with Gasteiger partial charge in [-0.3, -0.25) is 19.8 Å². The zero-order chi connectivity index (χ0) is 44.7. The van der Waals surface area contributed by atoms with Crippen LogP contribution in [0.3, 0.4) is 0 Å². The molecule has 4 unspecified atom stereocenters. The first-order valence-electron chi connectivity index (χ1n) is 24.2. The number of nitrogens with zero attached hydrogens (tertiary/aromatic N) is 6. The van der Waals surface area contributed by atoms with E-state index < -0.39 is 12.2 Å². The number of benzene rings is 4. The van der Waals surface area contributed by atoms with Crippen LogP contribution in [0.15, 0.2) is 122 Å². The number of methoxy groups -OCH3 is 2. The van der Waals surface area contributed by atoms with Crippen molar-refractivity contribution in [2.24, 2.45) is 23.7 Å². The van der Waals surface area contributed by atoms with Gasteiger partial charge >= 0.3 is 0 Å². The first-order valence-corrected chi connectivity index (χ1v) is 24.2. The number of ether oxygens (including phenoxy) is 4. The summed E-state index contributed by atoms with van der Waals surface area (Å²) in [5.41, 5.74) is 6.48. The fourth-order valence-electron chi connectivity index (χ4n) is 12.1. The second-order valence-electron chi connectivity index (χ2n) is 18.9. The van der Waals surface area contributed by atoms with Crippen molar-refractivity contribution in [1.29, 1.82) is 0 Å². The Kier molecular flexibility index (Phi) is 11.8. The third kappa shape index (κ3) is 7.91. The smallest absolute Gasteiger partial charge is 0.229 e. The molecule has 0 N–H and O–H groups in total. The van der Waals surface area contributed by atoms with Crippen LogP contribution in [0.2, 0.25) is 0 Å². The van der Waals surface area contributed by atoms with E-state index in [1.165, 1.54) is 25.7 Å². The molecule has 10 nitrogen and oxygen atoms in total. The molecule has 6 saturated heterocycles. The van der Waals surface area contributed by atoms with Crippen molar-refractivity contribution in [3.63, 3.8) is 0 Å². The van der Waals surface area contributed by atoms with Gasteiger partial charge in [-0.25, -0.2) is 0 Å². The zero-order valence-electron chi connectivity index (χ0n) is 38.6. The van der Waals surface area contributed by atoms with E-state index >= 15 is 0 Å². The minimum atomic E-state index is -0.393. The van der Waals surface area contributed by atoms with E-state index in [1.54, 1.807) is 14.2 Å². The highest BCUT2D eigenvalue weighted by molar-refractivity contribution is 5.85. The third-order valence-corrected chi connectivity index (χ3v) is 15.6. The summed E-state index contributed by atoms with van der Waals surface area (Å²) in [7, 11) is 3.44. The minimum absolute atomic E-state index is 0.106. The van der Waals surface area contributed by atoms with Gasteiger partial charge in [-0.05, 0) is 117 Å². The lowest BCUT2D eigenvalue weighted by molar-refractivity contribution is -0.0510. The number of hydrogen-bond acceptors (Lipinski definition) is 10. The molecule has 0 radical (unpaired) electrons. The molecule has 66 heavy (non-hydrogen) atoms. The fraction of sp³-hybridized carbons (Fsp3) is 0.393. The summed E-state index contributed by atoms with van der Waals surface area (Å²) in [6, 6.07) is 37.4. The van der Waals surface area contributed by atoms with Gasteiger partial charge in [0, 0.05) is 52.9 Å². The largest absolute Gasteiger partial charge is 0.497 e. The van der Waals surface area contributed by atoms with Crippen molar-refractivity contribution in [2.75, 3.05) is 40.4 Å². The Labute approximate surface area is 388 Å². The summed E-state index contributed by atoms with van der Waals surface area (Å²) in [4.78, 5) is 26.0. The van der Waals surface area contributed by atoms with E-state index in [-0.39, 0.29) is 12.1 Å². The van der Waals surface area contributed by atoms with Gasteiger partial charge in [0.15, 0.2) is 5.82 Å². The summed E-state index contributed by atoms with van der Waals surface area (Å²) in [5, 5.41) is 2.02. The van der Waals surface area contributed by atoms with Gasteiger partial charge < -0.3 is 18.9 Å². The Bertz CT molecular complexity index is 2680. The van der Waals surface area contributed by atoms with Gasteiger partial charge in [-0.2, -0.15) is 9.97 Å². The molecule has 6 aliphatic rings. The van der Waals surface area contributed by atoms with Crippen LogP contribution >= 0.6 is 0 Å². The second-order valence-corrected chi connectivity index (χ2v) is 18.9. The second kappa shape index (κ2) is 18.3. The number of aromatic nitrogens is 4. The zero-order valence-corrected chi connectivity index (χ0v) is 38.6. The molecule has 0 amide bonds. The molecular formula is C56H60N6O4. The van der Waals surface area contributed by atoms with Crippen molar-refractivity contribution in [1.82, 2.24) is 29.7 Å². The molecule has 13 rings (SSSR count). The van der Waals surface area contributed by atoms with Gasteiger partial charge in [-0.1, -0.05) is 87.4 Å². The fourth-order valence-corrected chi connectivity index (χ4v) is 12.1. The van der Waals surface area contributed by atoms with Crippen LogP contribution < -0.4 is 18.9 Å². The van der Waals surface area contributed by atoms with Crippen LogP contribution in [0.25, 0.3) is 44.3 Å². The third-order valence-electron chi connectivity index (χ3n) is 15.6. The number of hydrogen-bond donors (Lipinski definition) is 0. The standard InChI is InChI=1S/C56H60N6O4/c1-5-35-33-61-27-23-39(35)29-49(61)52(43-21-25-57-47-19-17-41(63-3)31-45(43)47)65-55-51(37-13-9-7-10-14-37)56(60-54(59-55)38-15-11-8-12-16-38)66-53(50-30-40-24-28-62(50)34-36(40)6-2)44-22-26-58-48-20-18-42(64-4)32-46(44)48/h7-22,25-26,31-32,35-36,39-40,49-50,52-53H,5-6,23-24,27-30,33-34H2,1-4H3/t35-,36?,39?,40-,49+,50+,52-,53-/m0/s1. The highest BCUT2D eigenvalue weighted by Crippen LogP contribution is 2.50. The Hall–Kier alpha value is -6.10. The molecule has 9 heterocycles. The lowest BCUT2D eigenvalue weighted by atomic mass is 9.72. The normalized spacial score (nSPS) is 25.4. The van der Waals surface area contributed by atoms with Crippen molar-refractivity contribution in [3.8, 4) is 45.8 Å². The van der Waals surface area contributed by atoms with Crippen LogP contribution in [0.5, 0.6) is 23.3 Å². The molecule has 6 fully saturated rings. The average Bonchev–Trinajstić information content (AvgIpc) is 3.39. The predicted octanol–water partition coefficient (Wildman–Crippen LogP) is 11.4. The van der Waals surface area contributed by atoms with E-state index in [9.17, 15) is 0 Å². The molecule has 0 aliphatic carbocycles. The van der Waals surface area contributed by atoms with Gasteiger partial charge in [0.1, 0.15) is 29.3 Å². The molecule has 10 heteroatoms. The maximum atomic E-state index is 7.76. The molecule has 0 saturated carbocycles. The lowest BCUT2D eigenvalue weighted by Gasteiger charge is -2.52. The maximum Gasteiger partial charge on any atom is 0.229 e. The molecule has 4 aromatic carbocycles. The highest BCUT2D eigenvalue weighted by atomic mass is 16.5. The monoisotopic (exact) mass is 880 g/mol. The number of piperidine rings is 6. The predicted molar refractivity (Wildman–Crippen MR) is 260 cm³/mol. The van der Waals surface area contributed by atoms with Gasteiger partial charge in [0.05, 0.1) is 37.3 Å². The number of pyridine rings is 2. The first kappa shape index (κ1) is 42.5. The van der Waals surface area contributed by atoms with Crippen molar-refractivity contribution < 1.29 is 18.9 Å². The van der Waals surface area contributed by atoms with Crippen molar-refractivity contribution in [3.05, 3.63) is 133 Å². The average molecular weight is 881 g/mol. The van der Waals surface area contributed by atoms with Gasteiger partial charge in [0.2, 0.25) is 11.8 Å². The summed E-state index contributed by atoms with van der Waals surface area (Å²) >= 11 is 0. The minimum Gasteiger partial charge on any atom is -0.497 e. The lowest BCUT2D eigenvalue weighted by Crippen LogP contribution is -2.56. The molecule has 7 aromatic rings. The van der Waals surface area contributed by atoms with Crippen LogP contribution in [-0.2, 0) is 0 Å². The van der Waals surface area contributed by atoms with E-state index in [2.05, 4.69) is 90.4 Å². The van der Waals surface area contributed by atoms with E-state index in [0.717, 1.165) is 100 Å². The van der Waals surface area contributed by atoms with Gasteiger partial charge in [0.25, 0.3) is 0 Å². The molecule has 3 aromatic heterocycles. The quantitative estimate of drug-likeness (QED) is 0.105. The van der Waals surface area contributed by atoms with Crippen LogP contribution in [0.4, 0.5) is 0 Å². The summed E-state index contributed by atoms with van der Waals surface area (Å²) in [6.45, 7) is 8.88. The van der Waals surface area contributed by atoms with E-state index in [4.69, 9.17) is 38.9 Å². The van der Waals surface area contributed by atoms with Crippen LogP contribution in [0, 0.1) is 23.7 Å². The Morgan fingerprint density at radius 3 is 1.47 bits per heavy atom. The topological polar surface area (TPSA) is 95.0 Å². The Morgan fingerprint density at radius 1 is 0.576 bits per heavy atom. The maximum absolute atomic E-state index is 7.76. The molecule has 338 valence electrons. The molecule has 10 atom stereocenters. The summed E-state index contributed by atoms with van der Waals surface area (Å²) in [5.74, 6) is 5.70. The van der Waals surface area contributed by atoms with Gasteiger partial charge in [-0.15, -0.1) is 0 Å². The van der Waals surface area contributed by atoms with Crippen molar-refractivity contribution >= 4 is 21.8 Å². The molecule has 0 spiro atoms. The highest BCUT2D eigenvalue weighted by Gasteiger charge is 2.47. The Balaban J connectivity index is 1.13. The number of fused-ring (bicyclic) bond motifs is 8. The molecule has 4 bridgehead atoms.